The molecule has 1 heterocycles. The quantitative estimate of drug-likeness (QED) is 0.915. The maximum Gasteiger partial charge on any atom is 0.224 e. The fraction of sp³-hybridized carbons (Fsp3) is 0.429. The van der Waals surface area contributed by atoms with Crippen LogP contribution in [0, 0.1) is 0 Å². The van der Waals surface area contributed by atoms with Gasteiger partial charge in [0.25, 0.3) is 0 Å². The summed E-state index contributed by atoms with van der Waals surface area (Å²) in [7, 11) is 1.76. The van der Waals surface area contributed by atoms with Gasteiger partial charge >= 0.3 is 0 Å². The zero-order chi connectivity index (χ0) is 13.8. The zero-order valence-electron chi connectivity index (χ0n) is 10.9. The summed E-state index contributed by atoms with van der Waals surface area (Å²) in [6.07, 6.45) is 1.53. The molecule has 1 aromatic rings. The van der Waals surface area contributed by atoms with Gasteiger partial charge in [-0.05, 0) is 24.1 Å². The van der Waals surface area contributed by atoms with Crippen LogP contribution in [-0.4, -0.2) is 36.3 Å². The largest absolute Gasteiger partial charge is 0.351 e. The highest BCUT2D eigenvalue weighted by atomic mass is 35.5. The molecule has 1 saturated heterocycles. The van der Waals surface area contributed by atoms with Gasteiger partial charge in [-0.15, -0.1) is 0 Å². The summed E-state index contributed by atoms with van der Waals surface area (Å²) in [4.78, 5) is 24.9. The van der Waals surface area contributed by atoms with E-state index in [1.54, 1.807) is 24.1 Å². The molecule has 5 heteroatoms. The predicted octanol–water partition coefficient (Wildman–Crippen LogP) is 1.62. The van der Waals surface area contributed by atoms with Crippen molar-refractivity contribution in [3.8, 4) is 0 Å². The second-order valence-electron chi connectivity index (χ2n) is 4.88. The van der Waals surface area contributed by atoms with Crippen molar-refractivity contribution in [2.75, 3.05) is 13.6 Å². The fourth-order valence-electron chi connectivity index (χ4n) is 2.24. The van der Waals surface area contributed by atoms with Crippen molar-refractivity contribution >= 4 is 23.4 Å². The summed E-state index contributed by atoms with van der Waals surface area (Å²) in [5.41, 5.74) is 0.894. The van der Waals surface area contributed by atoms with Crippen molar-refractivity contribution in [3.63, 3.8) is 0 Å². The van der Waals surface area contributed by atoms with Crippen molar-refractivity contribution in [1.29, 1.82) is 0 Å². The third-order valence-corrected chi connectivity index (χ3v) is 3.48. The zero-order valence-corrected chi connectivity index (χ0v) is 11.6. The van der Waals surface area contributed by atoms with Gasteiger partial charge in [-0.25, -0.2) is 0 Å². The molecular weight excluding hydrogens is 264 g/mol. The molecule has 0 aromatic heterocycles. The standard InChI is InChI=1S/C14H17ClN2O2/c1-17-9-12(5-6-14(17)19)16-13(18)8-10-3-2-4-11(15)7-10/h2-4,7,12H,5-6,8-9H2,1H3,(H,16,18). The highest BCUT2D eigenvalue weighted by molar-refractivity contribution is 6.30. The maximum atomic E-state index is 11.9. The number of rotatable bonds is 3. The number of likely N-dealkylation sites (N-methyl/N-ethyl adjacent to an activating group) is 1. The number of likely N-dealkylation sites (tertiary alicyclic amines) is 1. The lowest BCUT2D eigenvalue weighted by molar-refractivity contribution is -0.133. The Bertz CT molecular complexity index is 490. The highest BCUT2D eigenvalue weighted by Gasteiger charge is 2.23. The monoisotopic (exact) mass is 280 g/mol. The number of nitrogens with one attached hydrogen (secondary N) is 1. The Morgan fingerprint density at radius 3 is 3.00 bits per heavy atom. The topological polar surface area (TPSA) is 49.4 Å². The van der Waals surface area contributed by atoms with Crippen molar-refractivity contribution in [1.82, 2.24) is 10.2 Å². The molecule has 1 N–H and O–H groups in total. The number of halogens is 1. The molecule has 1 aromatic carbocycles. The predicted molar refractivity (Wildman–Crippen MR) is 74.0 cm³/mol. The van der Waals surface area contributed by atoms with Crippen molar-refractivity contribution < 1.29 is 9.59 Å². The van der Waals surface area contributed by atoms with Crippen LogP contribution in [-0.2, 0) is 16.0 Å². The molecule has 1 atom stereocenters. The average molecular weight is 281 g/mol. The van der Waals surface area contributed by atoms with Crippen LogP contribution in [0.25, 0.3) is 0 Å². The Balaban J connectivity index is 1.86. The number of benzene rings is 1. The minimum atomic E-state index is -0.0324. The number of piperidine rings is 1. The van der Waals surface area contributed by atoms with E-state index in [0.29, 0.717) is 30.8 Å². The van der Waals surface area contributed by atoms with Crippen molar-refractivity contribution in [3.05, 3.63) is 34.9 Å². The van der Waals surface area contributed by atoms with Crippen LogP contribution in [0.3, 0.4) is 0 Å². The van der Waals surface area contributed by atoms with Crippen molar-refractivity contribution in [2.45, 2.75) is 25.3 Å². The van der Waals surface area contributed by atoms with E-state index in [2.05, 4.69) is 5.32 Å². The lowest BCUT2D eigenvalue weighted by Gasteiger charge is -2.30. The molecule has 1 aliphatic rings. The first-order chi connectivity index (χ1) is 9.04. The normalized spacial score (nSPS) is 19.4. The highest BCUT2D eigenvalue weighted by Crippen LogP contribution is 2.12. The van der Waals surface area contributed by atoms with Gasteiger partial charge in [0.05, 0.1) is 6.42 Å². The Kier molecular flexibility index (Phi) is 4.43. The van der Waals surface area contributed by atoms with E-state index in [4.69, 9.17) is 11.6 Å². The summed E-state index contributed by atoms with van der Waals surface area (Å²) >= 11 is 5.88. The molecule has 1 aliphatic heterocycles. The van der Waals surface area contributed by atoms with Crippen LogP contribution in [0.1, 0.15) is 18.4 Å². The first kappa shape index (κ1) is 13.9. The molecule has 0 aliphatic carbocycles. The second kappa shape index (κ2) is 6.06. The molecular formula is C14H17ClN2O2. The lowest BCUT2D eigenvalue weighted by atomic mass is 10.0. The molecule has 0 spiro atoms. The SMILES string of the molecule is CN1CC(NC(=O)Cc2cccc(Cl)c2)CCC1=O. The Morgan fingerprint density at radius 2 is 2.32 bits per heavy atom. The summed E-state index contributed by atoms with van der Waals surface area (Å²) in [6.45, 7) is 0.583. The number of carbonyl (C=O) groups excluding carboxylic acids is 2. The van der Waals surface area contributed by atoms with Gasteiger partial charge in [0, 0.05) is 31.1 Å². The van der Waals surface area contributed by atoms with Crippen LogP contribution in [0.4, 0.5) is 0 Å². The van der Waals surface area contributed by atoms with Gasteiger partial charge in [-0.1, -0.05) is 23.7 Å². The van der Waals surface area contributed by atoms with E-state index in [9.17, 15) is 9.59 Å². The van der Waals surface area contributed by atoms with Crippen LogP contribution in [0.5, 0.6) is 0 Å². The van der Waals surface area contributed by atoms with Crippen LogP contribution in [0.2, 0.25) is 5.02 Å². The van der Waals surface area contributed by atoms with Crippen molar-refractivity contribution in [2.24, 2.45) is 0 Å². The maximum absolute atomic E-state index is 11.9. The second-order valence-corrected chi connectivity index (χ2v) is 5.32. The molecule has 4 nitrogen and oxygen atoms in total. The van der Waals surface area contributed by atoms with Crippen LogP contribution < -0.4 is 5.32 Å². The molecule has 19 heavy (non-hydrogen) atoms. The van der Waals surface area contributed by atoms with E-state index in [1.807, 2.05) is 12.1 Å². The molecule has 0 radical (unpaired) electrons. The summed E-state index contributed by atoms with van der Waals surface area (Å²) < 4.78 is 0. The Labute approximate surface area is 117 Å². The molecule has 102 valence electrons. The molecule has 0 saturated carbocycles. The number of carbonyl (C=O) groups is 2. The van der Waals surface area contributed by atoms with E-state index in [-0.39, 0.29) is 17.9 Å². The van der Waals surface area contributed by atoms with Gasteiger partial charge < -0.3 is 10.2 Å². The molecule has 2 amide bonds. The Morgan fingerprint density at radius 1 is 1.53 bits per heavy atom. The van der Waals surface area contributed by atoms with E-state index in [0.717, 1.165) is 5.56 Å². The number of hydrogen-bond donors (Lipinski definition) is 1. The molecule has 0 bridgehead atoms. The van der Waals surface area contributed by atoms with E-state index >= 15 is 0 Å². The third kappa shape index (κ3) is 3.96. The van der Waals surface area contributed by atoms with Gasteiger partial charge in [-0.2, -0.15) is 0 Å². The van der Waals surface area contributed by atoms with E-state index in [1.165, 1.54) is 0 Å². The van der Waals surface area contributed by atoms with Crippen LogP contribution >= 0.6 is 11.6 Å². The number of amides is 2. The molecule has 2 rings (SSSR count). The minimum absolute atomic E-state index is 0.0324. The van der Waals surface area contributed by atoms with Gasteiger partial charge in [0.1, 0.15) is 0 Å². The summed E-state index contributed by atoms with van der Waals surface area (Å²) in [5.74, 6) is 0.107. The minimum Gasteiger partial charge on any atom is -0.351 e. The van der Waals surface area contributed by atoms with Gasteiger partial charge in [-0.3, -0.25) is 9.59 Å². The summed E-state index contributed by atoms with van der Waals surface area (Å²) in [5, 5.41) is 3.59. The Hall–Kier alpha value is -1.55. The third-order valence-electron chi connectivity index (χ3n) is 3.25. The number of hydrogen-bond acceptors (Lipinski definition) is 2. The number of nitrogens with zero attached hydrogens (tertiary/aromatic N) is 1. The summed E-state index contributed by atoms with van der Waals surface area (Å²) in [6, 6.07) is 7.33. The fourth-order valence-corrected chi connectivity index (χ4v) is 2.45. The van der Waals surface area contributed by atoms with Gasteiger partial charge in [0.15, 0.2) is 0 Å². The molecule has 1 fully saturated rings. The first-order valence-electron chi connectivity index (χ1n) is 6.32. The smallest absolute Gasteiger partial charge is 0.224 e. The lowest BCUT2D eigenvalue weighted by Crippen LogP contribution is -2.48. The van der Waals surface area contributed by atoms with E-state index < -0.39 is 0 Å². The van der Waals surface area contributed by atoms with Gasteiger partial charge in [0.2, 0.25) is 11.8 Å². The first-order valence-corrected chi connectivity index (χ1v) is 6.70. The molecule has 1 unspecified atom stereocenters. The van der Waals surface area contributed by atoms with Crippen LogP contribution in [0.15, 0.2) is 24.3 Å². The average Bonchev–Trinajstić information content (AvgIpc) is 2.34.